The molecule has 10 heteroatoms. The van der Waals surface area contributed by atoms with E-state index in [1.54, 1.807) is 43.3 Å². The Bertz CT molecular complexity index is 1060. The molecule has 8 nitrogen and oxygen atoms in total. The molecule has 1 N–H and O–H groups in total. The van der Waals surface area contributed by atoms with Gasteiger partial charge in [-0.25, -0.2) is 12.8 Å². The Kier molecular flexibility index (Phi) is 9.22. The minimum atomic E-state index is -3.59. The molecule has 1 atom stereocenters. The van der Waals surface area contributed by atoms with Gasteiger partial charge < -0.3 is 15.0 Å². The topological polar surface area (TPSA) is 96.0 Å². The van der Waals surface area contributed by atoms with Crippen LogP contribution in [0.2, 0.25) is 0 Å². The van der Waals surface area contributed by atoms with Gasteiger partial charge in [-0.05, 0) is 43.2 Å². The zero-order valence-corrected chi connectivity index (χ0v) is 20.1. The van der Waals surface area contributed by atoms with Crippen molar-refractivity contribution in [3.05, 3.63) is 59.9 Å². The van der Waals surface area contributed by atoms with Crippen LogP contribution in [0, 0.1) is 5.82 Å². The number of methoxy groups -OCH3 is 1. The number of benzene rings is 2. The molecular formula is C23H30FN3O5S. The summed E-state index contributed by atoms with van der Waals surface area (Å²) in [5.41, 5.74) is 1.11. The molecule has 0 saturated carbocycles. The molecular weight excluding hydrogens is 449 g/mol. The van der Waals surface area contributed by atoms with E-state index in [0.29, 0.717) is 17.0 Å². The maximum absolute atomic E-state index is 13.2. The second-order valence-electron chi connectivity index (χ2n) is 7.58. The molecule has 0 aliphatic rings. The Hall–Kier alpha value is -3.14. The van der Waals surface area contributed by atoms with Crippen LogP contribution in [0.5, 0.6) is 5.75 Å². The number of hydrogen-bond acceptors (Lipinski definition) is 5. The SMILES string of the molecule is CNC(=O)[C@H](C)N(Cc1ccc(F)cc1)C(=O)CCCN(c1cccc(OC)c1)S(C)(=O)=O. The standard InChI is InChI=1S/C23H30FN3O5S/c1-17(23(29)25-2)26(16-18-10-12-19(24)13-11-18)22(28)9-6-14-27(33(4,30)31)20-7-5-8-21(15-20)32-3/h5,7-8,10-13,15,17H,6,9,14,16H2,1-4H3,(H,25,29)/t17-/m0/s1. The Morgan fingerprint density at radius 3 is 2.39 bits per heavy atom. The van der Waals surface area contributed by atoms with Gasteiger partial charge in [0.05, 0.1) is 19.1 Å². The molecule has 0 heterocycles. The van der Waals surface area contributed by atoms with Crippen molar-refractivity contribution in [3.63, 3.8) is 0 Å². The number of hydrogen-bond donors (Lipinski definition) is 1. The maximum atomic E-state index is 13.2. The van der Waals surface area contributed by atoms with Gasteiger partial charge in [0.1, 0.15) is 17.6 Å². The number of anilines is 1. The summed E-state index contributed by atoms with van der Waals surface area (Å²) in [6.45, 7) is 1.81. The summed E-state index contributed by atoms with van der Waals surface area (Å²) in [6, 6.07) is 11.6. The number of halogens is 1. The first kappa shape index (κ1) is 26.1. The van der Waals surface area contributed by atoms with Crippen molar-refractivity contribution < 1.29 is 27.1 Å². The van der Waals surface area contributed by atoms with Crippen LogP contribution >= 0.6 is 0 Å². The number of sulfonamides is 1. The van der Waals surface area contributed by atoms with Crippen LogP contribution in [0.4, 0.5) is 10.1 Å². The van der Waals surface area contributed by atoms with Crippen LogP contribution < -0.4 is 14.4 Å². The lowest BCUT2D eigenvalue weighted by Crippen LogP contribution is -2.46. The highest BCUT2D eigenvalue weighted by molar-refractivity contribution is 7.92. The van der Waals surface area contributed by atoms with Crippen LogP contribution in [0.1, 0.15) is 25.3 Å². The van der Waals surface area contributed by atoms with Crippen molar-refractivity contribution in [2.45, 2.75) is 32.4 Å². The van der Waals surface area contributed by atoms with Crippen LogP contribution in [0.15, 0.2) is 48.5 Å². The van der Waals surface area contributed by atoms with Gasteiger partial charge in [-0.2, -0.15) is 0 Å². The Morgan fingerprint density at radius 1 is 1.15 bits per heavy atom. The number of rotatable bonds is 11. The third kappa shape index (κ3) is 7.45. The Labute approximate surface area is 194 Å². The van der Waals surface area contributed by atoms with Crippen molar-refractivity contribution in [1.29, 1.82) is 0 Å². The molecule has 0 radical (unpaired) electrons. The first-order valence-electron chi connectivity index (χ1n) is 10.4. The summed E-state index contributed by atoms with van der Waals surface area (Å²) in [4.78, 5) is 26.6. The van der Waals surface area contributed by atoms with Gasteiger partial charge in [0, 0.05) is 32.6 Å². The molecule has 0 spiro atoms. The zero-order chi connectivity index (χ0) is 24.6. The van der Waals surface area contributed by atoms with E-state index in [2.05, 4.69) is 5.32 Å². The van der Waals surface area contributed by atoms with Crippen LogP contribution in [-0.4, -0.2) is 58.1 Å². The summed E-state index contributed by atoms with van der Waals surface area (Å²) >= 11 is 0. The summed E-state index contributed by atoms with van der Waals surface area (Å²) in [7, 11) is -0.619. The quantitative estimate of drug-likeness (QED) is 0.534. The molecule has 0 aliphatic carbocycles. The van der Waals surface area contributed by atoms with Crippen LogP contribution in [0.3, 0.4) is 0 Å². The lowest BCUT2D eigenvalue weighted by Gasteiger charge is -2.29. The number of nitrogens with zero attached hydrogens (tertiary/aromatic N) is 2. The van der Waals surface area contributed by atoms with Crippen molar-refractivity contribution in [2.75, 3.05) is 31.3 Å². The molecule has 33 heavy (non-hydrogen) atoms. The zero-order valence-electron chi connectivity index (χ0n) is 19.2. The summed E-state index contributed by atoms with van der Waals surface area (Å²) in [5, 5.41) is 2.53. The number of ether oxygens (including phenoxy) is 1. The van der Waals surface area contributed by atoms with Crippen molar-refractivity contribution in [2.24, 2.45) is 0 Å². The lowest BCUT2D eigenvalue weighted by atomic mass is 10.1. The monoisotopic (exact) mass is 479 g/mol. The van der Waals surface area contributed by atoms with Gasteiger partial charge in [-0.1, -0.05) is 18.2 Å². The van der Waals surface area contributed by atoms with Gasteiger partial charge in [0.25, 0.3) is 0 Å². The summed E-state index contributed by atoms with van der Waals surface area (Å²) in [6.07, 6.45) is 1.37. The van der Waals surface area contributed by atoms with E-state index >= 15 is 0 Å². The highest BCUT2D eigenvalue weighted by Gasteiger charge is 2.26. The molecule has 2 aromatic carbocycles. The molecule has 0 saturated heterocycles. The number of carbonyl (C=O) groups is 2. The molecule has 0 bridgehead atoms. The van der Waals surface area contributed by atoms with Gasteiger partial charge in [0.15, 0.2) is 0 Å². The van der Waals surface area contributed by atoms with E-state index < -0.39 is 21.9 Å². The fourth-order valence-electron chi connectivity index (χ4n) is 3.35. The molecule has 0 unspecified atom stereocenters. The van der Waals surface area contributed by atoms with Gasteiger partial charge >= 0.3 is 0 Å². The van der Waals surface area contributed by atoms with E-state index in [0.717, 1.165) is 6.26 Å². The first-order chi connectivity index (χ1) is 15.6. The predicted molar refractivity (Wildman–Crippen MR) is 125 cm³/mol. The van der Waals surface area contributed by atoms with Crippen molar-refractivity contribution in [3.8, 4) is 5.75 Å². The normalized spacial score (nSPS) is 12.0. The Balaban J connectivity index is 2.14. The number of amides is 2. The molecule has 2 aromatic rings. The highest BCUT2D eigenvalue weighted by Crippen LogP contribution is 2.24. The average molecular weight is 480 g/mol. The molecule has 2 amide bonds. The number of carbonyl (C=O) groups excluding carboxylic acids is 2. The maximum Gasteiger partial charge on any atom is 0.242 e. The highest BCUT2D eigenvalue weighted by atomic mass is 32.2. The van der Waals surface area contributed by atoms with E-state index in [4.69, 9.17) is 4.74 Å². The molecule has 0 aliphatic heterocycles. The predicted octanol–water partition coefficient (Wildman–Crippen LogP) is 2.54. The molecule has 180 valence electrons. The van der Waals surface area contributed by atoms with E-state index in [1.807, 2.05) is 0 Å². The van der Waals surface area contributed by atoms with Gasteiger partial charge in [-0.3, -0.25) is 13.9 Å². The minimum Gasteiger partial charge on any atom is -0.497 e. The second-order valence-corrected chi connectivity index (χ2v) is 9.49. The fourth-order valence-corrected chi connectivity index (χ4v) is 4.30. The molecule has 2 rings (SSSR count). The molecule has 0 fully saturated rings. The Morgan fingerprint density at radius 2 is 1.82 bits per heavy atom. The van der Waals surface area contributed by atoms with E-state index in [9.17, 15) is 22.4 Å². The number of nitrogens with one attached hydrogen (secondary N) is 1. The third-order valence-corrected chi connectivity index (χ3v) is 6.37. The van der Waals surface area contributed by atoms with Crippen molar-refractivity contribution in [1.82, 2.24) is 10.2 Å². The van der Waals surface area contributed by atoms with E-state index in [1.165, 1.54) is 35.5 Å². The third-order valence-electron chi connectivity index (χ3n) is 5.17. The van der Waals surface area contributed by atoms with Crippen LogP contribution in [0.25, 0.3) is 0 Å². The van der Waals surface area contributed by atoms with Crippen molar-refractivity contribution >= 4 is 27.5 Å². The minimum absolute atomic E-state index is 0.0263. The second kappa shape index (κ2) is 11.6. The largest absolute Gasteiger partial charge is 0.497 e. The average Bonchev–Trinajstić information content (AvgIpc) is 2.79. The summed E-state index contributed by atoms with van der Waals surface area (Å²) < 4.78 is 44.3. The summed E-state index contributed by atoms with van der Waals surface area (Å²) in [5.74, 6) is -0.523. The first-order valence-corrected chi connectivity index (χ1v) is 12.3. The smallest absolute Gasteiger partial charge is 0.242 e. The molecule has 0 aromatic heterocycles. The fraction of sp³-hybridized carbons (Fsp3) is 0.391. The van der Waals surface area contributed by atoms with E-state index in [-0.39, 0.29) is 37.7 Å². The lowest BCUT2D eigenvalue weighted by molar-refractivity contribution is -0.140. The van der Waals surface area contributed by atoms with Gasteiger partial charge in [0.2, 0.25) is 21.8 Å². The van der Waals surface area contributed by atoms with Crippen LogP contribution in [-0.2, 0) is 26.2 Å². The number of likely N-dealkylation sites (N-methyl/N-ethyl adjacent to an activating group) is 1. The van der Waals surface area contributed by atoms with Gasteiger partial charge in [-0.15, -0.1) is 0 Å².